The first-order valence-electron chi connectivity index (χ1n) is 6.67. The molecule has 0 heterocycles. The highest BCUT2D eigenvalue weighted by molar-refractivity contribution is 7.80. The molecule has 104 valence electrons. The van der Waals surface area contributed by atoms with Gasteiger partial charge in [-0.25, -0.2) is 0 Å². The number of amides is 1. The minimum atomic E-state index is -0.314. The van der Waals surface area contributed by atoms with Gasteiger partial charge in [0.25, 0.3) is 0 Å². The molecule has 5 heteroatoms. The van der Waals surface area contributed by atoms with Gasteiger partial charge < -0.3 is 16.0 Å². The molecule has 4 nitrogen and oxygen atoms in total. The van der Waals surface area contributed by atoms with E-state index in [9.17, 15) is 4.79 Å². The van der Waals surface area contributed by atoms with Gasteiger partial charge in [0.05, 0.1) is 0 Å². The zero-order chi connectivity index (χ0) is 13.8. The first-order chi connectivity index (χ1) is 8.28. The molecule has 0 aromatic heterocycles. The fourth-order valence-electron chi connectivity index (χ4n) is 2.04. The van der Waals surface area contributed by atoms with Gasteiger partial charge in [-0.1, -0.05) is 12.8 Å². The van der Waals surface area contributed by atoms with Gasteiger partial charge in [-0.15, -0.1) is 0 Å². The highest BCUT2D eigenvalue weighted by atomic mass is 32.1. The van der Waals surface area contributed by atoms with Crippen LogP contribution in [0.25, 0.3) is 0 Å². The van der Waals surface area contributed by atoms with E-state index in [1.165, 1.54) is 25.7 Å². The van der Waals surface area contributed by atoms with E-state index in [4.69, 9.17) is 12.2 Å². The monoisotopic (exact) mass is 271 g/mol. The molecule has 1 aliphatic carbocycles. The summed E-state index contributed by atoms with van der Waals surface area (Å²) >= 11 is 5.23. The molecule has 0 saturated heterocycles. The Morgan fingerprint density at radius 3 is 2.33 bits per heavy atom. The Morgan fingerprint density at radius 1 is 1.28 bits per heavy atom. The van der Waals surface area contributed by atoms with Crippen LogP contribution in [0, 0.1) is 0 Å². The normalized spacial score (nSPS) is 18.2. The first kappa shape index (κ1) is 15.2. The largest absolute Gasteiger partial charge is 0.360 e. The molecule has 1 aliphatic rings. The smallest absolute Gasteiger partial charge is 0.242 e. The van der Waals surface area contributed by atoms with Gasteiger partial charge in [0.1, 0.15) is 6.04 Å². The second kappa shape index (κ2) is 6.36. The Balaban J connectivity index is 2.31. The Labute approximate surface area is 115 Å². The molecule has 0 bridgehead atoms. The number of hydrogen-bond acceptors (Lipinski definition) is 2. The fourth-order valence-corrected chi connectivity index (χ4v) is 2.38. The molecule has 18 heavy (non-hydrogen) atoms. The maximum atomic E-state index is 11.9. The number of thiocarbonyl (C=S) groups is 1. The molecule has 1 amide bonds. The summed E-state index contributed by atoms with van der Waals surface area (Å²) in [5.41, 5.74) is -0.215. The van der Waals surface area contributed by atoms with E-state index in [0.29, 0.717) is 11.2 Å². The van der Waals surface area contributed by atoms with E-state index < -0.39 is 0 Å². The van der Waals surface area contributed by atoms with Crippen LogP contribution in [0.3, 0.4) is 0 Å². The van der Waals surface area contributed by atoms with Crippen molar-refractivity contribution in [2.24, 2.45) is 0 Å². The molecule has 0 aromatic carbocycles. The molecule has 1 fully saturated rings. The van der Waals surface area contributed by atoms with Gasteiger partial charge >= 0.3 is 0 Å². The number of carbonyl (C=O) groups excluding carboxylic acids is 1. The molecular formula is C13H25N3OS. The van der Waals surface area contributed by atoms with Crippen molar-refractivity contribution in [3.8, 4) is 0 Å². The van der Waals surface area contributed by atoms with E-state index in [-0.39, 0.29) is 17.5 Å². The third-order valence-corrected chi connectivity index (χ3v) is 3.17. The number of carbonyl (C=O) groups is 1. The summed E-state index contributed by atoms with van der Waals surface area (Å²) in [5, 5.41) is 9.82. The van der Waals surface area contributed by atoms with E-state index in [2.05, 4.69) is 16.0 Å². The van der Waals surface area contributed by atoms with Gasteiger partial charge in [0, 0.05) is 11.6 Å². The van der Waals surface area contributed by atoms with E-state index in [1.807, 2.05) is 27.7 Å². The highest BCUT2D eigenvalue weighted by Crippen LogP contribution is 2.17. The standard InChI is InChI=1S/C13H25N3OS/c1-9(11(17)16-13(2,3)4)14-12(18)15-10-7-5-6-8-10/h9-10H,5-8H2,1-4H3,(H,16,17)(H2,14,15,18). The Bertz CT molecular complexity index is 306. The number of nitrogens with one attached hydrogen (secondary N) is 3. The van der Waals surface area contributed by atoms with Crippen LogP contribution >= 0.6 is 12.2 Å². The quantitative estimate of drug-likeness (QED) is 0.684. The van der Waals surface area contributed by atoms with Gasteiger partial charge in [0.15, 0.2) is 5.11 Å². The SMILES string of the molecule is CC(NC(=S)NC1CCCC1)C(=O)NC(C)(C)C. The minimum absolute atomic E-state index is 0.0296. The Kier molecular flexibility index (Phi) is 5.38. The van der Waals surface area contributed by atoms with Crippen LogP contribution in [0.5, 0.6) is 0 Å². The maximum absolute atomic E-state index is 11.9. The summed E-state index contributed by atoms with van der Waals surface area (Å²) in [5.74, 6) is -0.0296. The van der Waals surface area contributed by atoms with Crippen molar-refractivity contribution in [1.29, 1.82) is 0 Å². The van der Waals surface area contributed by atoms with Crippen LogP contribution in [-0.2, 0) is 4.79 Å². The van der Waals surface area contributed by atoms with E-state index >= 15 is 0 Å². The lowest BCUT2D eigenvalue weighted by Crippen LogP contribution is -2.53. The predicted molar refractivity (Wildman–Crippen MR) is 78.5 cm³/mol. The zero-order valence-electron chi connectivity index (χ0n) is 11.8. The van der Waals surface area contributed by atoms with Gasteiger partial charge in [-0.05, 0) is 52.8 Å². The summed E-state index contributed by atoms with van der Waals surface area (Å²) in [6, 6.07) is 0.161. The predicted octanol–water partition coefficient (Wildman–Crippen LogP) is 1.70. The number of rotatable bonds is 3. The summed E-state index contributed by atoms with van der Waals surface area (Å²) in [6.45, 7) is 7.72. The highest BCUT2D eigenvalue weighted by Gasteiger charge is 2.21. The second-order valence-corrected chi connectivity index (χ2v) is 6.47. The van der Waals surface area contributed by atoms with Crippen molar-refractivity contribution < 1.29 is 4.79 Å². The average Bonchev–Trinajstić information content (AvgIpc) is 2.67. The molecule has 1 rings (SSSR count). The molecule has 0 aliphatic heterocycles. The van der Waals surface area contributed by atoms with Crippen LogP contribution in [0.4, 0.5) is 0 Å². The third kappa shape index (κ3) is 5.67. The van der Waals surface area contributed by atoms with Crippen molar-refractivity contribution in [3.63, 3.8) is 0 Å². The Hall–Kier alpha value is -0.840. The Morgan fingerprint density at radius 2 is 1.83 bits per heavy atom. The van der Waals surface area contributed by atoms with E-state index in [1.54, 1.807) is 0 Å². The van der Waals surface area contributed by atoms with Crippen molar-refractivity contribution >= 4 is 23.2 Å². The lowest BCUT2D eigenvalue weighted by Gasteiger charge is -2.25. The van der Waals surface area contributed by atoms with E-state index in [0.717, 1.165) is 0 Å². The fraction of sp³-hybridized carbons (Fsp3) is 0.846. The van der Waals surface area contributed by atoms with Crippen molar-refractivity contribution in [1.82, 2.24) is 16.0 Å². The zero-order valence-corrected chi connectivity index (χ0v) is 12.6. The van der Waals surface area contributed by atoms with Crippen molar-refractivity contribution in [3.05, 3.63) is 0 Å². The lowest BCUT2D eigenvalue weighted by atomic mass is 10.1. The van der Waals surface area contributed by atoms with Crippen LogP contribution < -0.4 is 16.0 Å². The first-order valence-corrected chi connectivity index (χ1v) is 7.08. The second-order valence-electron chi connectivity index (χ2n) is 6.06. The summed E-state index contributed by atoms with van der Waals surface area (Å²) in [4.78, 5) is 11.9. The summed E-state index contributed by atoms with van der Waals surface area (Å²) in [6.07, 6.45) is 4.87. The summed E-state index contributed by atoms with van der Waals surface area (Å²) in [7, 11) is 0. The van der Waals surface area contributed by atoms with Crippen LogP contribution in [0.2, 0.25) is 0 Å². The van der Waals surface area contributed by atoms with Crippen LogP contribution in [0.15, 0.2) is 0 Å². The number of hydrogen-bond donors (Lipinski definition) is 3. The molecule has 1 atom stereocenters. The van der Waals surface area contributed by atoms with Gasteiger partial charge in [-0.3, -0.25) is 4.79 Å². The lowest BCUT2D eigenvalue weighted by molar-refractivity contribution is -0.123. The van der Waals surface area contributed by atoms with Crippen LogP contribution in [-0.4, -0.2) is 28.6 Å². The van der Waals surface area contributed by atoms with Crippen molar-refractivity contribution in [2.75, 3.05) is 0 Å². The van der Waals surface area contributed by atoms with Crippen molar-refractivity contribution in [2.45, 2.75) is 71.0 Å². The minimum Gasteiger partial charge on any atom is -0.360 e. The molecule has 3 N–H and O–H groups in total. The third-order valence-electron chi connectivity index (χ3n) is 2.93. The van der Waals surface area contributed by atoms with Crippen LogP contribution in [0.1, 0.15) is 53.4 Å². The molecule has 0 aromatic rings. The topological polar surface area (TPSA) is 53.2 Å². The molecular weight excluding hydrogens is 246 g/mol. The molecule has 0 spiro atoms. The maximum Gasteiger partial charge on any atom is 0.242 e. The molecule has 1 saturated carbocycles. The molecule has 1 unspecified atom stereocenters. The average molecular weight is 271 g/mol. The summed E-state index contributed by atoms with van der Waals surface area (Å²) < 4.78 is 0. The van der Waals surface area contributed by atoms with Gasteiger partial charge in [0.2, 0.25) is 5.91 Å². The molecule has 0 radical (unpaired) electrons. The van der Waals surface area contributed by atoms with Gasteiger partial charge in [-0.2, -0.15) is 0 Å².